The van der Waals surface area contributed by atoms with Gasteiger partial charge >= 0.3 is 0 Å². The summed E-state index contributed by atoms with van der Waals surface area (Å²) in [5.41, 5.74) is 5.96. The number of benzene rings is 2. The normalized spacial score (nSPS) is 13.2. The van der Waals surface area contributed by atoms with Crippen LogP contribution < -0.4 is 26.8 Å². The highest BCUT2D eigenvalue weighted by atomic mass is 16.3. The lowest BCUT2D eigenvalue weighted by Gasteiger charge is -2.25. The third kappa shape index (κ3) is 9.13. The van der Waals surface area contributed by atoms with Crippen LogP contribution in [0.25, 0.3) is 23.0 Å². The smallest absolute Gasteiger partial charge is 0.269 e. The first kappa shape index (κ1) is 42.5. The standard InChI is InChI=1S/C44H42N18O4/c1-61-36(55-58-39(61)32-12-13-45-23-52-32)21-48-27-8-3-6-25(16-27)41(63)50-19-31-29-10-5-11-30(38(29)57-60-43(31)65)33-18-34(54-24-53-33)40-59-56-37(62(40)2)22-49-28-9-4-7-26(17-28)42(64)51-20-35-44(66)47-15-14-46-35/h3-4,6-9,12-18,23-24,30,48-49H,5,10-11,19-22H2,1-2H3,(H,47,66)(H,50,63)(H,51,64)(H,60,65). The first-order chi connectivity index (χ1) is 32.2. The molecule has 2 amide bonds. The molecule has 22 nitrogen and oxygen atoms in total. The molecule has 6 heterocycles. The average Bonchev–Trinajstić information content (AvgIpc) is 3.92. The molecular formula is C44H42N18O4. The van der Waals surface area contributed by atoms with Crippen molar-refractivity contribution in [3.05, 3.63) is 153 Å². The molecule has 1 aliphatic carbocycles. The van der Waals surface area contributed by atoms with Gasteiger partial charge in [-0.15, -0.1) is 20.4 Å². The molecule has 0 saturated heterocycles. The lowest BCUT2D eigenvalue weighted by atomic mass is 9.83. The maximum Gasteiger partial charge on any atom is 0.269 e. The van der Waals surface area contributed by atoms with Crippen LogP contribution in [0.2, 0.25) is 0 Å². The molecule has 0 saturated carbocycles. The molecule has 0 bridgehead atoms. The summed E-state index contributed by atoms with van der Waals surface area (Å²) >= 11 is 0. The van der Waals surface area contributed by atoms with Crippen molar-refractivity contribution in [2.24, 2.45) is 14.1 Å². The van der Waals surface area contributed by atoms with Gasteiger partial charge in [0.15, 0.2) is 23.3 Å². The number of aromatic nitrogens is 14. The van der Waals surface area contributed by atoms with Crippen LogP contribution in [0.5, 0.6) is 5.88 Å². The van der Waals surface area contributed by atoms with E-state index in [-0.39, 0.29) is 48.0 Å². The Kier molecular flexibility index (Phi) is 12.2. The molecule has 8 aromatic rings. The van der Waals surface area contributed by atoms with Gasteiger partial charge in [0.25, 0.3) is 17.4 Å². The first-order valence-electron chi connectivity index (χ1n) is 20.9. The van der Waals surface area contributed by atoms with Crippen LogP contribution in [-0.4, -0.2) is 86.6 Å². The molecule has 22 heteroatoms. The highest BCUT2D eigenvalue weighted by Crippen LogP contribution is 2.36. The summed E-state index contributed by atoms with van der Waals surface area (Å²) in [5, 5.41) is 46.7. The van der Waals surface area contributed by atoms with E-state index in [9.17, 15) is 19.5 Å². The molecule has 66 heavy (non-hydrogen) atoms. The van der Waals surface area contributed by atoms with Crippen molar-refractivity contribution in [1.82, 2.24) is 80.3 Å². The summed E-state index contributed by atoms with van der Waals surface area (Å²) in [6, 6.07) is 17.7. The van der Waals surface area contributed by atoms with Crippen molar-refractivity contribution in [3.63, 3.8) is 0 Å². The summed E-state index contributed by atoms with van der Waals surface area (Å²) in [6.45, 7) is 0.675. The fourth-order valence-corrected chi connectivity index (χ4v) is 7.71. The Labute approximate surface area is 375 Å². The zero-order chi connectivity index (χ0) is 45.6. The number of carbonyl (C=O) groups is 2. The van der Waals surface area contributed by atoms with Crippen molar-refractivity contribution in [2.45, 2.75) is 51.4 Å². The Hall–Kier alpha value is -8.82. The van der Waals surface area contributed by atoms with Crippen molar-refractivity contribution in [3.8, 4) is 28.9 Å². The number of carbonyl (C=O) groups excluding carboxylic acids is 2. The van der Waals surface area contributed by atoms with E-state index in [4.69, 9.17) is 0 Å². The van der Waals surface area contributed by atoms with Gasteiger partial charge in [-0.2, -0.15) is 5.10 Å². The van der Waals surface area contributed by atoms with Gasteiger partial charge in [-0.3, -0.25) is 19.4 Å². The van der Waals surface area contributed by atoms with Gasteiger partial charge in [-0.1, -0.05) is 12.1 Å². The molecule has 6 aromatic heterocycles. The number of aromatic amines is 1. The van der Waals surface area contributed by atoms with E-state index in [2.05, 4.69) is 81.8 Å². The van der Waals surface area contributed by atoms with E-state index in [1.165, 1.54) is 25.0 Å². The third-order valence-electron chi connectivity index (χ3n) is 11.2. The van der Waals surface area contributed by atoms with Crippen molar-refractivity contribution < 1.29 is 14.7 Å². The largest absolute Gasteiger partial charge is 0.492 e. The molecule has 1 aliphatic rings. The second-order valence-corrected chi connectivity index (χ2v) is 15.3. The number of hydrogen-bond donors (Lipinski definition) is 6. The number of H-pyrrole nitrogens is 1. The number of anilines is 2. The quantitative estimate of drug-likeness (QED) is 0.0863. The van der Waals surface area contributed by atoms with Gasteiger partial charge in [0.1, 0.15) is 29.7 Å². The van der Waals surface area contributed by atoms with Crippen LogP contribution in [0.3, 0.4) is 0 Å². The molecular weight excluding hydrogens is 845 g/mol. The molecule has 0 fully saturated rings. The van der Waals surface area contributed by atoms with Crippen molar-refractivity contribution in [2.75, 3.05) is 10.6 Å². The number of amides is 2. The summed E-state index contributed by atoms with van der Waals surface area (Å²) in [5.74, 6) is 1.25. The van der Waals surface area contributed by atoms with Crippen LogP contribution in [0.1, 0.15) is 79.3 Å². The van der Waals surface area contributed by atoms with Gasteiger partial charge < -0.3 is 35.5 Å². The second-order valence-electron chi connectivity index (χ2n) is 15.3. The lowest BCUT2D eigenvalue weighted by Crippen LogP contribution is -2.31. The third-order valence-corrected chi connectivity index (χ3v) is 11.2. The number of nitrogens with one attached hydrogen (secondary N) is 5. The van der Waals surface area contributed by atoms with E-state index in [0.717, 1.165) is 18.4 Å². The molecule has 2 aromatic carbocycles. The Morgan fingerprint density at radius 3 is 2.05 bits per heavy atom. The molecule has 9 rings (SSSR count). The topological polar surface area (TPSA) is 287 Å². The monoisotopic (exact) mass is 886 g/mol. The fourth-order valence-electron chi connectivity index (χ4n) is 7.71. The van der Waals surface area contributed by atoms with E-state index < -0.39 is 0 Å². The summed E-state index contributed by atoms with van der Waals surface area (Å²) in [6.07, 6.45) is 9.52. The van der Waals surface area contributed by atoms with Crippen LogP contribution in [0, 0.1) is 0 Å². The number of aromatic hydroxyl groups is 1. The van der Waals surface area contributed by atoms with Crippen molar-refractivity contribution in [1.29, 1.82) is 0 Å². The minimum Gasteiger partial charge on any atom is -0.492 e. The molecule has 6 N–H and O–H groups in total. The first-order valence-corrected chi connectivity index (χ1v) is 20.9. The highest BCUT2D eigenvalue weighted by molar-refractivity contribution is 5.95. The Bertz CT molecular complexity index is 3110. The number of nitrogens with zero attached hydrogens (tertiary/aromatic N) is 13. The predicted octanol–water partition coefficient (Wildman–Crippen LogP) is 2.99. The lowest BCUT2D eigenvalue weighted by molar-refractivity contribution is 0.0942. The highest BCUT2D eigenvalue weighted by Gasteiger charge is 2.29. The summed E-state index contributed by atoms with van der Waals surface area (Å²) in [7, 11) is 3.70. The van der Waals surface area contributed by atoms with Crippen LogP contribution in [-0.2, 0) is 46.7 Å². The van der Waals surface area contributed by atoms with Gasteiger partial charge in [0.2, 0.25) is 5.88 Å². The summed E-state index contributed by atoms with van der Waals surface area (Å²) < 4.78 is 3.67. The molecule has 1 unspecified atom stereocenters. The van der Waals surface area contributed by atoms with Crippen LogP contribution in [0.4, 0.5) is 11.4 Å². The number of hydrogen-bond acceptors (Lipinski definition) is 17. The zero-order valence-electron chi connectivity index (χ0n) is 35.7. The fraction of sp³-hybridized carbons (Fsp3) is 0.227. The van der Waals surface area contributed by atoms with E-state index in [0.29, 0.717) is 93.6 Å². The maximum absolute atomic E-state index is 13.5. The molecule has 0 spiro atoms. The Morgan fingerprint density at radius 2 is 1.38 bits per heavy atom. The predicted molar refractivity (Wildman–Crippen MR) is 237 cm³/mol. The summed E-state index contributed by atoms with van der Waals surface area (Å²) in [4.78, 5) is 64.8. The van der Waals surface area contributed by atoms with E-state index >= 15 is 0 Å². The van der Waals surface area contributed by atoms with Crippen LogP contribution >= 0.6 is 0 Å². The van der Waals surface area contributed by atoms with Gasteiger partial charge in [0, 0.05) is 73.2 Å². The minimum absolute atomic E-state index is 0.00566. The SMILES string of the molecule is Cn1c(CNc2cccc(C(=O)NCc3c4c(n[nH]c3=O)C(c3cc(-c5nnc(CNc6cccc(C(=O)NCc7nccnc7O)c6)n5C)ncn3)CCC4)c2)nnc1-c1ccncn1. The van der Waals surface area contributed by atoms with Gasteiger partial charge in [-0.25, -0.2) is 30.0 Å². The Balaban J connectivity index is 0.838. The molecule has 0 radical (unpaired) electrons. The minimum atomic E-state index is -0.367. The maximum atomic E-state index is 13.5. The average molecular weight is 887 g/mol. The van der Waals surface area contributed by atoms with E-state index in [1.54, 1.807) is 48.7 Å². The van der Waals surface area contributed by atoms with Crippen LogP contribution in [0.15, 0.2) is 96.7 Å². The van der Waals surface area contributed by atoms with Gasteiger partial charge in [-0.05, 0) is 73.4 Å². The van der Waals surface area contributed by atoms with Crippen molar-refractivity contribution >= 4 is 23.2 Å². The number of fused-ring (bicyclic) bond motifs is 1. The molecule has 1 atom stereocenters. The van der Waals surface area contributed by atoms with Gasteiger partial charge in [0.05, 0.1) is 31.0 Å². The number of rotatable bonds is 15. The van der Waals surface area contributed by atoms with E-state index in [1.807, 2.05) is 41.4 Å². The molecule has 332 valence electrons. The zero-order valence-corrected chi connectivity index (χ0v) is 35.7. The second kappa shape index (κ2) is 18.9. The molecule has 0 aliphatic heterocycles. The Morgan fingerprint density at radius 1 is 0.727 bits per heavy atom.